The van der Waals surface area contributed by atoms with Crippen molar-refractivity contribution in [2.45, 2.75) is 19.8 Å². The molecule has 0 saturated carbocycles. The van der Waals surface area contributed by atoms with Gasteiger partial charge in [0.05, 0.1) is 0 Å². The number of carbonyl (C=O) groups is 1. The van der Waals surface area contributed by atoms with Crippen molar-refractivity contribution in [3.8, 4) is 0 Å². The summed E-state index contributed by atoms with van der Waals surface area (Å²) in [6.07, 6.45) is 4.37. The minimum atomic E-state index is -0.818. The Morgan fingerprint density at radius 3 is 2.61 bits per heavy atom. The third kappa shape index (κ3) is 3.82. The van der Waals surface area contributed by atoms with Crippen LogP contribution in [-0.4, -0.2) is 38.5 Å². The number of hydrogen-bond donors (Lipinski definition) is 1. The fourth-order valence-corrected chi connectivity index (χ4v) is 1.91. The molecule has 0 bridgehead atoms. The molecule has 9 nitrogen and oxygen atoms in total. The van der Waals surface area contributed by atoms with Gasteiger partial charge in [-0.15, -0.1) is 18.1 Å². The standard InChI is InChI=1S/C14H18N6O3/c1-4-7-10(21)15-12-16-11(19(8-5-2)9-6-3)17-13-18-14(22)23-20(12)13/h5-6H,2-4,7-9H2,1H3,(H,15,16,17,18,21,22). The average molecular weight is 318 g/mol. The van der Waals surface area contributed by atoms with Gasteiger partial charge in [-0.05, 0) is 6.42 Å². The molecule has 1 amide bonds. The molecule has 2 heterocycles. The molecular formula is C14H18N6O3. The van der Waals surface area contributed by atoms with Crippen molar-refractivity contribution >= 4 is 23.6 Å². The lowest BCUT2D eigenvalue weighted by Crippen LogP contribution is -2.27. The summed E-state index contributed by atoms with van der Waals surface area (Å²) in [7, 11) is 0. The van der Waals surface area contributed by atoms with Gasteiger partial charge in [-0.25, -0.2) is 4.79 Å². The summed E-state index contributed by atoms with van der Waals surface area (Å²) in [5.41, 5.74) is 0. The average Bonchev–Trinajstić information content (AvgIpc) is 2.88. The second kappa shape index (κ2) is 7.34. The molecule has 2 aromatic heterocycles. The van der Waals surface area contributed by atoms with E-state index >= 15 is 0 Å². The maximum absolute atomic E-state index is 11.8. The fraction of sp³-hybridized carbons (Fsp3) is 0.357. The lowest BCUT2D eigenvalue weighted by atomic mass is 10.3. The minimum absolute atomic E-state index is 0.0184. The first-order valence-electron chi connectivity index (χ1n) is 7.13. The predicted octanol–water partition coefficient (Wildman–Crippen LogP) is 0.994. The number of aromatic nitrogens is 4. The molecule has 9 heteroatoms. The van der Waals surface area contributed by atoms with Crippen molar-refractivity contribution in [1.82, 2.24) is 19.5 Å². The van der Waals surface area contributed by atoms with E-state index < -0.39 is 5.76 Å². The Kier molecular flexibility index (Phi) is 5.23. The fourth-order valence-electron chi connectivity index (χ4n) is 1.91. The molecule has 0 unspecified atom stereocenters. The Bertz CT molecular complexity index is 768. The number of hydrogen-bond acceptors (Lipinski definition) is 7. The minimum Gasteiger partial charge on any atom is -0.333 e. The number of nitrogens with one attached hydrogen (secondary N) is 1. The Hall–Kier alpha value is -2.97. The van der Waals surface area contributed by atoms with E-state index in [0.717, 1.165) is 4.57 Å². The van der Waals surface area contributed by atoms with Crippen LogP contribution in [0.25, 0.3) is 5.78 Å². The molecule has 0 aliphatic rings. The summed E-state index contributed by atoms with van der Waals surface area (Å²) in [5.74, 6) is -0.707. The molecule has 122 valence electrons. The molecule has 0 aliphatic carbocycles. The molecule has 0 aliphatic heterocycles. The highest BCUT2D eigenvalue weighted by molar-refractivity contribution is 5.89. The van der Waals surface area contributed by atoms with Crippen LogP contribution >= 0.6 is 0 Å². The number of fused-ring (bicyclic) bond motifs is 1. The molecular weight excluding hydrogens is 300 g/mol. The van der Waals surface area contributed by atoms with Crippen LogP contribution in [0.2, 0.25) is 0 Å². The number of anilines is 2. The first-order valence-corrected chi connectivity index (χ1v) is 7.13. The van der Waals surface area contributed by atoms with Crippen molar-refractivity contribution in [2.75, 3.05) is 23.3 Å². The first-order chi connectivity index (χ1) is 11.1. The highest BCUT2D eigenvalue weighted by atomic mass is 16.5. The SMILES string of the molecule is C=CCN(CC=C)c1nc(NC(=O)CCC)n2oc(=O)nc2n1. The summed E-state index contributed by atoms with van der Waals surface area (Å²) in [6, 6.07) is 0. The van der Waals surface area contributed by atoms with Gasteiger partial charge in [0.2, 0.25) is 11.9 Å². The van der Waals surface area contributed by atoms with Crippen LogP contribution in [0.1, 0.15) is 19.8 Å². The molecule has 0 atom stereocenters. The Labute approximate surface area is 132 Å². The molecule has 0 spiro atoms. The van der Waals surface area contributed by atoms with Crippen molar-refractivity contribution in [3.63, 3.8) is 0 Å². The van der Waals surface area contributed by atoms with Gasteiger partial charge in [0.25, 0.3) is 11.7 Å². The van der Waals surface area contributed by atoms with Gasteiger partial charge in [-0.1, -0.05) is 23.6 Å². The van der Waals surface area contributed by atoms with Crippen molar-refractivity contribution in [1.29, 1.82) is 0 Å². The summed E-state index contributed by atoms with van der Waals surface area (Å²) in [4.78, 5) is 37.0. The maximum Gasteiger partial charge on any atom is 0.462 e. The largest absolute Gasteiger partial charge is 0.462 e. The van der Waals surface area contributed by atoms with E-state index in [1.807, 2.05) is 6.92 Å². The number of rotatable bonds is 8. The van der Waals surface area contributed by atoms with E-state index in [9.17, 15) is 9.59 Å². The molecule has 0 radical (unpaired) electrons. The summed E-state index contributed by atoms with van der Waals surface area (Å²) >= 11 is 0. The molecule has 2 aromatic rings. The zero-order valence-corrected chi connectivity index (χ0v) is 12.9. The quantitative estimate of drug-likeness (QED) is 0.723. The Morgan fingerprint density at radius 1 is 1.30 bits per heavy atom. The Morgan fingerprint density at radius 2 is 2.00 bits per heavy atom. The molecule has 23 heavy (non-hydrogen) atoms. The Balaban J connectivity index is 2.49. The lowest BCUT2D eigenvalue weighted by molar-refractivity contribution is -0.116. The van der Waals surface area contributed by atoms with Crippen molar-refractivity contribution in [3.05, 3.63) is 35.9 Å². The normalized spacial score (nSPS) is 10.5. The van der Waals surface area contributed by atoms with E-state index in [4.69, 9.17) is 4.52 Å². The van der Waals surface area contributed by atoms with Gasteiger partial charge < -0.3 is 9.42 Å². The molecule has 1 N–H and O–H groups in total. The van der Waals surface area contributed by atoms with Gasteiger partial charge in [0.15, 0.2) is 0 Å². The van der Waals surface area contributed by atoms with Crippen LogP contribution in [0.5, 0.6) is 0 Å². The third-order valence-electron chi connectivity index (χ3n) is 2.85. The zero-order valence-electron chi connectivity index (χ0n) is 12.9. The van der Waals surface area contributed by atoms with E-state index in [2.05, 4.69) is 33.4 Å². The summed E-state index contributed by atoms with van der Waals surface area (Å²) in [6.45, 7) is 10.2. The summed E-state index contributed by atoms with van der Waals surface area (Å²) < 4.78 is 5.88. The zero-order chi connectivity index (χ0) is 16.8. The molecule has 0 saturated heterocycles. The van der Waals surface area contributed by atoms with E-state index in [1.165, 1.54) is 0 Å². The highest BCUT2D eigenvalue weighted by Gasteiger charge is 2.17. The number of carbonyl (C=O) groups excluding carboxylic acids is 1. The molecule has 0 fully saturated rings. The number of nitrogens with zero attached hydrogens (tertiary/aromatic N) is 5. The molecule has 0 aromatic carbocycles. The predicted molar refractivity (Wildman–Crippen MR) is 85.5 cm³/mol. The van der Waals surface area contributed by atoms with Crippen LogP contribution in [-0.2, 0) is 4.79 Å². The van der Waals surface area contributed by atoms with Crippen LogP contribution in [0, 0.1) is 0 Å². The van der Waals surface area contributed by atoms with Crippen LogP contribution in [0.4, 0.5) is 11.9 Å². The summed E-state index contributed by atoms with van der Waals surface area (Å²) in [5, 5.41) is 2.60. The van der Waals surface area contributed by atoms with E-state index in [0.29, 0.717) is 25.9 Å². The van der Waals surface area contributed by atoms with Crippen LogP contribution < -0.4 is 16.0 Å². The number of amides is 1. The second-order valence-electron chi connectivity index (χ2n) is 4.69. The van der Waals surface area contributed by atoms with E-state index in [1.54, 1.807) is 17.1 Å². The third-order valence-corrected chi connectivity index (χ3v) is 2.85. The monoisotopic (exact) mass is 318 g/mol. The topological polar surface area (TPSA) is 106 Å². The lowest BCUT2D eigenvalue weighted by Gasteiger charge is -2.19. The maximum atomic E-state index is 11.8. The van der Waals surface area contributed by atoms with Gasteiger partial charge in [0.1, 0.15) is 0 Å². The van der Waals surface area contributed by atoms with Crippen molar-refractivity contribution in [2.24, 2.45) is 0 Å². The second-order valence-corrected chi connectivity index (χ2v) is 4.69. The first kappa shape index (κ1) is 16.4. The van der Waals surface area contributed by atoms with Gasteiger partial charge in [-0.3, -0.25) is 10.1 Å². The van der Waals surface area contributed by atoms with Crippen molar-refractivity contribution < 1.29 is 9.32 Å². The smallest absolute Gasteiger partial charge is 0.333 e. The van der Waals surface area contributed by atoms with Crippen LogP contribution in [0.15, 0.2) is 34.6 Å². The van der Waals surface area contributed by atoms with Gasteiger partial charge in [0, 0.05) is 19.5 Å². The van der Waals surface area contributed by atoms with Gasteiger partial charge in [-0.2, -0.15) is 9.97 Å². The van der Waals surface area contributed by atoms with Crippen LogP contribution in [0.3, 0.4) is 0 Å². The highest BCUT2D eigenvalue weighted by Crippen LogP contribution is 2.14. The van der Waals surface area contributed by atoms with Gasteiger partial charge >= 0.3 is 5.76 Å². The van der Waals surface area contributed by atoms with E-state index in [-0.39, 0.29) is 23.6 Å². The molecule has 2 rings (SSSR count).